The quantitative estimate of drug-likeness (QED) is 0.694. The Morgan fingerprint density at radius 2 is 1.59 bits per heavy atom. The summed E-state index contributed by atoms with van der Waals surface area (Å²) in [5.41, 5.74) is 1.52. The molecule has 0 atom stereocenters. The largest absolute Gasteiger partial charge is 0.362 e. The van der Waals surface area contributed by atoms with Crippen molar-refractivity contribution >= 4 is 17.1 Å². The molecule has 2 heterocycles. The molecule has 1 amide bonds. The van der Waals surface area contributed by atoms with Crippen LogP contribution < -0.4 is 0 Å². The molecule has 3 rings (SSSR count). The standard InChI is InChI=1S/C12H14N4O/c17-12(15-8-4-1-5-9-15)16-13-10-6-2-3-7-11(10)14-16/h2-3,6-7H,1,4-5,8-9H2. The Labute approximate surface area is 99.0 Å². The molecular weight excluding hydrogens is 216 g/mol. The first-order valence-corrected chi connectivity index (χ1v) is 5.96. The highest BCUT2D eigenvalue weighted by Crippen LogP contribution is 2.11. The van der Waals surface area contributed by atoms with E-state index in [4.69, 9.17) is 0 Å². The third-order valence-corrected chi connectivity index (χ3v) is 3.08. The number of likely N-dealkylation sites (tertiary alicyclic amines) is 1. The summed E-state index contributed by atoms with van der Waals surface area (Å²) in [4.78, 5) is 15.2. The number of nitrogens with zero attached hydrogens (tertiary/aromatic N) is 4. The van der Waals surface area contributed by atoms with E-state index in [1.165, 1.54) is 11.2 Å². The summed E-state index contributed by atoms with van der Waals surface area (Å²) in [5.74, 6) is 0. The van der Waals surface area contributed by atoms with Gasteiger partial charge in [-0.25, -0.2) is 4.79 Å². The molecule has 0 radical (unpaired) electrons. The van der Waals surface area contributed by atoms with Crippen LogP contribution in [0, 0.1) is 0 Å². The fourth-order valence-electron chi connectivity index (χ4n) is 2.16. The van der Waals surface area contributed by atoms with Crippen molar-refractivity contribution in [3.8, 4) is 0 Å². The van der Waals surface area contributed by atoms with Crippen LogP contribution in [0.5, 0.6) is 0 Å². The lowest BCUT2D eigenvalue weighted by atomic mass is 10.1. The molecule has 1 aromatic carbocycles. The lowest BCUT2D eigenvalue weighted by Crippen LogP contribution is -2.39. The molecule has 5 nitrogen and oxygen atoms in total. The molecule has 0 spiro atoms. The number of hydrogen-bond acceptors (Lipinski definition) is 3. The average molecular weight is 230 g/mol. The van der Waals surface area contributed by atoms with Gasteiger partial charge in [-0.05, 0) is 31.4 Å². The highest BCUT2D eigenvalue weighted by molar-refractivity contribution is 5.80. The molecule has 0 bridgehead atoms. The van der Waals surface area contributed by atoms with Crippen LogP contribution in [0.2, 0.25) is 0 Å². The number of rotatable bonds is 0. The van der Waals surface area contributed by atoms with E-state index in [9.17, 15) is 4.79 Å². The van der Waals surface area contributed by atoms with Gasteiger partial charge < -0.3 is 4.90 Å². The van der Waals surface area contributed by atoms with Crippen LogP contribution in [0.25, 0.3) is 11.0 Å². The van der Waals surface area contributed by atoms with Gasteiger partial charge in [0.1, 0.15) is 11.0 Å². The molecule has 0 N–H and O–H groups in total. The Kier molecular flexibility index (Phi) is 2.51. The smallest absolute Gasteiger partial charge is 0.322 e. The SMILES string of the molecule is O=C(N1CCCCC1)n1nc2ccccc2n1. The third kappa shape index (κ3) is 1.88. The topological polar surface area (TPSA) is 51.0 Å². The minimum Gasteiger partial charge on any atom is -0.322 e. The number of aromatic nitrogens is 3. The summed E-state index contributed by atoms with van der Waals surface area (Å²) in [7, 11) is 0. The summed E-state index contributed by atoms with van der Waals surface area (Å²) in [6.45, 7) is 1.63. The second kappa shape index (κ2) is 4.16. The lowest BCUT2D eigenvalue weighted by Gasteiger charge is -2.25. The van der Waals surface area contributed by atoms with Gasteiger partial charge in [0.15, 0.2) is 0 Å². The van der Waals surface area contributed by atoms with E-state index >= 15 is 0 Å². The first-order valence-electron chi connectivity index (χ1n) is 5.96. The highest BCUT2D eigenvalue weighted by Gasteiger charge is 2.20. The molecular formula is C12H14N4O. The van der Waals surface area contributed by atoms with E-state index in [0.29, 0.717) is 0 Å². The number of carbonyl (C=O) groups is 1. The summed E-state index contributed by atoms with van der Waals surface area (Å²) in [6, 6.07) is 7.41. The van der Waals surface area contributed by atoms with Gasteiger partial charge in [-0.3, -0.25) is 0 Å². The van der Waals surface area contributed by atoms with Crippen LogP contribution in [0.15, 0.2) is 24.3 Å². The number of carbonyl (C=O) groups excluding carboxylic acids is 1. The van der Waals surface area contributed by atoms with Gasteiger partial charge in [-0.1, -0.05) is 16.9 Å². The number of benzene rings is 1. The number of piperidine rings is 1. The molecule has 1 fully saturated rings. The third-order valence-electron chi connectivity index (χ3n) is 3.08. The minimum absolute atomic E-state index is 0.110. The normalized spacial score (nSPS) is 16.4. The monoisotopic (exact) mass is 230 g/mol. The van der Waals surface area contributed by atoms with Crippen molar-refractivity contribution in [3.05, 3.63) is 24.3 Å². The Hall–Kier alpha value is -1.91. The van der Waals surface area contributed by atoms with Gasteiger partial charge in [0.25, 0.3) is 0 Å². The maximum Gasteiger partial charge on any atom is 0.362 e. The molecule has 0 aliphatic carbocycles. The Morgan fingerprint density at radius 1 is 1.00 bits per heavy atom. The molecule has 1 aliphatic heterocycles. The van der Waals surface area contributed by atoms with Crippen LogP contribution in [-0.2, 0) is 0 Å². The predicted molar refractivity (Wildman–Crippen MR) is 63.7 cm³/mol. The second-order valence-electron chi connectivity index (χ2n) is 4.31. The zero-order valence-corrected chi connectivity index (χ0v) is 9.54. The van der Waals surface area contributed by atoms with Crippen molar-refractivity contribution in [2.75, 3.05) is 13.1 Å². The fraction of sp³-hybridized carbons (Fsp3) is 0.417. The predicted octanol–water partition coefficient (Wildman–Crippen LogP) is 1.89. The van der Waals surface area contributed by atoms with E-state index in [0.717, 1.165) is 37.0 Å². The number of amides is 1. The van der Waals surface area contributed by atoms with E-state index in [1.54, 1.807) is 0 Å². The highest BCUT2D eigenvalue weighted by atomic mass is 16.2. The molecule has 5 heteroatoms. The van der Waals surface area contributed by atoms with Crippen molar-refractivity contribution in [3.63, 3.8) is 0 Å². The molecule has 88 valence electrons. The van der Waals surface area contributed by atoms with Crippen molar-refractivity contribution in [1.29, 1.82) is 0 Å². The minimum atomic E-state index is -0.110. The fourth-order valence-corrected chi connectivity index (χ4v) is 2.16. The van der Waals surface area contributed by atoms with Crippen LogP contribution in [0.3, 0.4) is 0 Å². The molecule has 1 saturated heterocycles. The zero-order chi connectivity index (χ0) is 11.7. The van der Waals surface area contributed by atoms with Crippen LogP contribution in [0.1, 0.15) is 19.3 Å². The van der Waals surface area contributed by atoms with E-state index < -0.39 is 0 Å². The van der Waals surface area contributed by atoms with Crippen molar-refractivity contribution in [2.45, 2.75) is 19.3 Å². The van der Waals surface area contributed by atoms with Gasteiger partial charge in [-0.2, -0.15) is 0 Å². The Balaban J connectivity index is 1.89. The Morgan fingerprint density at radius 3 is 2.18 bits per heavy atom. The van der Waals surface area contributed by atoms with Crippen molar-refractivity contribution < 1.29 is 4.79 Å². The van der Waals surface area contributed by atoms with Gasteiger partial charge in [0, 0.05) is 13.1 Å². The lowest BCUT2D eigenvalue weighted by molar-refractivity contribution is 0.181. The maximum atomic E-state index is 12.1. The van der Waals surface area contributed by atoms with Gasteiger partial charge in [0.2, 0.25) is 0 Å². The van der Waals surface area contributed by atoms with Crippen molar-refractivity contribution in [1.82, 2.24) is 19.9 Å². The molecule has 1 aliphatic rings. The summed E-state index contributed by atoms with van der Waals surface area (Å²) < 4.78 is 0. The van der Waals surface area contributed by atoms with E-state index in [1.807, 2.05) is 29.2 Å². The van der Waals surface area contributed by atoms with Crippen LogP contribution in [0.4, 0.5) is 4.79 Å². The number of fused-ring (bicyclic) bond motifs is 1. The molecule has 0 saturated carbocycles. The van der Waals surface area contributed by atoms with E-state index in [-0.39, 0.29) is 6.03 Å². The second-order valence-corrected chi connectivity index (χ2v) is 4.31. The Bertz CT molecular complexity index is 509. The molecule has 0 unspecified atom stereocenters. The summed E-state index contributed by atoms with van der Waals surface area (Å²) in [6.07, 6.45) is 3.36. The summed E-state index contributed by atoms with van der Waals surface area (Å²) >= 11 is 0. The van der Waals surface area contributed by atoms with Crippen LogP contribution in [-0.4, -0.2) is 39.0 Å². The molecule has 1 aromatic heterocycles. The van der Waals surface area contributed by atoms with E-state index in [2.05, 4.69) is 10.2 Å². The van der Waals surface area contributed by atoms with Gasteiger partial charge in [0.05, 0.1) is 0 Å². The van der Waals surface area contributed by atoms with Gasteiger partial charge >= 0.3 is 6.03 Å². The molecule has 17 heavy (non-hydrogen) atoms. The zero-order valence-electron chi connectivity index (χ0n) is 9.54. The van der Waals surface area contributed by atoms with Crippen LogP contribution >= 0.6 is 0 Å². The number of hydrogen-bond donors (Lipinski definition) is 0. The van der Waals surface area contributed by atoms with Gasteiger partial charge in [-0.15, -0.1) is 10.2 Å². The average Bonchev–Trinajstić information content (AvgIpc) is 2.82. The maximum absolute atomic E-state index is 12.1. The first kappa shape index (κ1) is 10.3. The first-order chi connectivity index (χ1) is 8.34. The van der Waals surface area contributed by atoms with Crippen molar-refractivity contribution in [2.24, 2.45) is 0 Å². The summed E-state index contributed by atoms with van der Waals surface area (Å²) in [5, 5.41) is 8.40. The molecule has 2 aromatic rings.